The molecule has 2 rings (SSSR count). The highest BCUT2D eigenvalue weighted by atomic mass is 19.1. The lowest BCUT2D eigenvalue weighted by Crippen LogP contribution is -2.12. The van der Waals surface area contributed by atoms with Crippen LogP contribution in [0.4, 0.5) is 4.39 Å². The van der Waals surface area contributed by atoms with Crippen LogP contribution in [0.25, 0.3) is 0 Å². The number of rotatable bonds is 5. The number of benzene rings is 1. The molecule has 0 aliphatic heterocycles. The van der Waals surface area contributed by atoms with Gasteiger partial charge in [-0.15, -0.1) is 0 Å². The molecule has 1 aromatic heterocycles. The van der Waals surface area contributed by atoms with Crippen molar-refractivity contribution in [1.29, 1.82) is 5.41 Å². The summed E-state index contributed by atoms with van der Waals surface area (Å²) in [6, 6.07) is 4.31. The minimum Gasteiger partial charge on any atom is -0.483 e. The summed E-state index contributed by atoms with van der Waals surface area (Å²) in [6.45, 7) is 4.06. The second-order valence-corrected chi connectivity index (χ2v) is 4.56. The number of aromatic nitrogens is 3. The molecule has 0 radical (unpaired) electrons. The standard InChI is InChI=1S/C13H16FN5O/c1-8(2)19-12(17-7-18-19)6-20-11-4-3-9(13(15)16)5-10(11)14/h3-5,7-8H,6H2,1-2H3,(H3,15,16). The number of ether oxygens (including phenoxy) is 1. The molecule has 3 N–H and O–H groups in total. The minimum atomic E-state index is -0.562. The third-order valence-electron chi connectivity index (χ3n) is 2.74. The molecule has 20 heavy (non-hydrogen) atoms. The molecule has 0 fully saturated rings. The van der Waals surface area contributed by atoms with Crippen LogP contribution in [0.5, 0.6) is 5.75 Å². The summed E-state index contributed by atoms with van der Waals surface area (Å²) in [5, 5.41) is 11.3. The number of nitrogens with two attached hydrogens (primary N) is 1. The summed E-state index contributed by atoms with van der Waals surface area (Å²) >= 11 is 0. The molecule has 6 nitrogen and oxygen atoms in total. The van der Waals surface area contributed by atoms with E-state index in [4.69, 9.17) is 15.9 Å². The van der Waals surface area contributed by atoms with Gasteiger partial charge in [-0.2, -0.15) is 5.10 Å². The van der Waals surface area contributed by atoms with E-state index >= 15 is 0 Å². The molecule has 106 valence electrons. The molecule has 0 unspecified atom stereocenters. The quantitative estimate of drug-likeness (QED) is 0.644. The minimum absolute atomic E-state index is 0.0910. The molecule has 0 spiro atoms. The molecule has 1 heterocycles. The summed E-state index contributed by atoms with van der Waals surface area (Å²) in [5.41, 5.74) is 5.61. The van der Waals surface area contributed by atoms with Gasteiger partial charge in [-0.25, -0.2) is 14.1 Å². The van der Waals surface area contributed by atoms with E-state index in [-0.39, 0.29) is 24.2 Å². The first kappa shape index (κ1) is 14.0. The first-order valence-electron chi connectivity index (χ1n) is 6.14. The number of amidine groups is 1. The van der Waals surface area contributed by atoms with Gasteiger partial charge in [-0.05, 0) is 32.0 Å². The molecule has 0 bridgehead atoms. The molecular weight excluding hydrogens is 261 g/mol. The Hall–Kier alpha value is -2.44. The van der Waals surface area contributed by atoms with Crippen molar-refractivity contribution in [2.24, 2.45) is 5.73 Å². The monoisotopic (exact) mass is 277 g/mol. The maximum absolute atomic E-state index is 13.8. The Morgan fingerprint density at radius 3 is 2.85 bits per heavy atom. The second kappa shape index (κ2) is 5.68. The van der Waals surface area contributed by atoms with E-state index in [1.807, 2.05) is 13.8 Å². The van der Waals surface area contributed by atoms with Crippen LogP contribution in [0.1, 0.15) is 31.3 Å². The van der Waals surface area contributed by atoms with Gasteiger partial charge >= 0.3 is 0 Å². The van der Waals surface area contributed by atoms with Gasteiger partial charge in [0.2, 0.25) is 0 Å². The van der Waals surface area contributed by atoms with E-state index < -0.39 is 5.82 Å². The van der Waals surface area contributed by atoms with Crippen LogP contribution in [0.15, 0.2) is 24.5 Å². The Morgan fingerprint density at radius 2 is 2.25 bits per heavy atom. The number of hydrogen-bond donors (Lipinski definition) is 2. The predicted molar refractivity (Wildman–Crippen MR) is 72.2 cm³/mol. The first-order chi connectivity index (χ1) is 9.49. The van der Waals surface area contributed by atoms with Crippen molar-refractivity contribution in [1.82, 2.24) is 14.8 Å². The van der Waals surface area contributed by atoms with Gasteiger partial charge in [0.15, 0.2) is 17.4 Å². The van der Waals surface area contributed by atoms with Crippen molar-refractivity contribution in [2.45, 2.75) is 26.5 Å². The highest BCUT2D eigenvalue weighted by molar-refractivity contribution is 5.95. The molecule has 0 saturated carbocycles. The van der Waals surface area contributed by atoms with Crippen LogP contribution in [0, 0.1) is 11.2 Å². The Balaban J connectivity index is 2.11. The summed E-state index contributed by atoms with van der Waals surface area (Å²) in [4.78, 5) is 4.08. The van der Waals surface area contributed by atoms with E-state index in [1.165, 1.54) is 24.5 Å². The maximum Gasteiger partial charge on any atom is 0.165 e. The lowest BCUT2D eigenvalue weighted by Gasteiger charge is -2.11. The van der Waals surface area contributed by atoms with Gasteiger partial charge < -0.3 is 10.5 Å². The molecule has 0 aliphatic rings. The predicted octanol–water partition coefficient (Wildman–Crippen LogP) is 1.86. The van der Waals surface area contributed by atoms with Crippen molar-refractivity contribution in [2.75, 3.05) is 0 Å². The Bertz CT molecular complexity index is 623. The molecule has 0 saturated heterocycles. The van der Waals surface area contributed by atoms with Gasteiger partial charge in [-0.3, -0.25) is 5.41 Å². The van der Waals surface area contributed by atoms with Crippen molar-refractivity contribution in [3.05, 3.63) is 41.7 Å². The fourth-order valence-corrected chi connectivity index (χ4v) is 1.74. The van der Waals surface area contributed by atoms with Crippen LogP contribution in [0.2, 0.25) is 0 Å². The maximum atomic E-state index is 13.8. The number of hydrogen-bond acceptors (Lipinski definition) is 4. The van der Waals surface area contributed by atoms with E-state index in [2.05, 4.69) is 10.1 Å². The fourth-order valence-electron chi connectivity index (χ4n) is 1.74. The largest absolute Gasteiger partial charge is 0.483 e. The average Bonchev–Trinajstić information content (AvgIpc) is 2.85. The topological polar surface area (TPSA) is 89.8 Å². The highest BCUT2D eigenvalue weighted by Crippen LogP contribution is 2.19. The zero-order chi connectivity index (χ0) is 14.7. The third kappa shape index (κ3) is 2.93. The number of nitrogens with zero attached hydrogens (tertiary/aromatic N) is 3. The summed E-state index contributed by atoms with van der Waals surface area (Å²) in [7, 11) is 0. The molecule has 7 heteroatoms. The van der Waals surface area contributed by atoms with Gasteiger partial charge in [0, 0.05) is 11.6 Å². The lowest BCUT2D eigenvalue weighted by atomic mass is 10.2. The van der Waals surface area contributed by atoms with E-state index in [0.717, 1.165) is 0 Å². The molecule has 0 atom stereocenters. The Kier molecular flexibility index (Phi) is 3.97. The van der Waals surface area contributed by atoms with Crippen molar-refractivity contribution in [3.8, 4) is 5.75 Å². The van der Waals surface area contributed by atoms with Crippen LogP contribution >= 0.6 is 0 Å². The zero-order valence-corrected chi connectivity index (χ0v) is 11.3. The average molecular weight is 277 g/mol. The summed E-state index contributed by atoms with van der Waals surface area (Å²) in [5.74, 6) is -0.0355. The third-order valence-corrected chi connectivity index (χ3v) is 2.74. The fraction of sp³-hybridized carbons (Fsp3) is 0.308. The van der Waals surface area contributed by atoms with E-state index in [9.17, 15) is 4.39 Å². The molecule has 0 amide bonds. The van der Waals surface area contributed by atoms with Crippen LogP contribution < -0.4 is 10.5 Å². The SMILES string of the molecule is CC(C)n1ncnc1COc1ccc(C(=N)N)cc1F. The molecule has 2 aromatic rings. The normalized spacial score (nSPS) is 10.8. The van der Waals surface area contributed by atoms with Crippen LogP contribution in [-0.4, -0.2) is 20.6 Å². The highest BCUT2D eigenvalue weighted by Gasteiger charge is 2.11. The van der Waals surface area contributed by atoms with E-state index in [0.29, 0.717) is 11.4 Å². The zero-order valence-electron chi connectivity index (χ0n) is 11.3. The second-order valence-electron chi connectivity index (χ2n) is 4.56. The number of halogens is 1. The number of nitrogen functional groups attached to an aromatic ring is 1. The molecular formula is C13H16FN5O. The Morgan fingerprint density at radius 1 is 1.50 bits per heavy atom. The van der Waals surface area contributed by atoms with Gasteiger partial charge in [0.1, 0.15) is 18.8 Å². The van der Waals surface area contributed by atoms with Gasteiger partial charge in [-0.1, -0.05) is 0 Å². The summed E-state index contributed by atoms with van der Waals surface area (Å²) in [6.07, 6.45) is 1.44. The molecule has 0 aliphatic carbocycles. The first-order valence-corrected chi connectivity index (χ1v) is 6.14. The number of nitrogens with one attached hydrogen (secondary N) is 1. The molecule has 1 aromatic carbocycles. The van der Waals surface area contributed by atoms with Crippen molar-refractivity contribution < 1.29 is 9.13 Å². The Labute approximate surface area is 115 Å². The smallest absolute Gasteiger partial charge is 0.165 e. The van der Waals surface area contributed by atoms with Gasteiger partial charge in [0.25, 0.3) is 0 Å². The van der Waals surface area contributed by atoms with Crippen molar-refractivity contribution in [3.63, 3.8) is 0 Å². The van der Waals surface area contributed by atoms with Gasteiger partial charge in [0.05, 0.1) is 0 Å². The van der Waals surface area contributed by atoms with Crippen molar-refractivity contribution >= 4 is 5.84 Å². The lowest BCUT2D eigenvalue weighted by molar-refractivity contribution is 0.269. The van der Waals surface area contributed by atoms with Crippen LogP contribution in [0.3, 0.4) is 0 Å². The van der Waals surface area contributed by atoms with Crippen LogP contribution in [-0.2, 0) is 6.61 Å². The summed E-state index contributed by atoms with van der Waals surface area (Å²) < 4.78 is 20.9. The van der Waals surface area contributed by atoms with E-state index in [1.54, 1.807) is 4.68 Å².